The van der Waals surface area contributed by atoms with Crippen LogP contribution in [0.4, 0.5) is 5.69 Å². The second kappa shape index (κ2) is 6.78. The largest absolute Gasteiger partial charge is 0.495 e. The molecule has 2 rings (SSSR count). The van der Waals surface area contributed by atoms with Crippen molar-refractivity contribution in [3.05, 3.63) is 23.2 Å². The molecule has 1 aromatic rings. The van der Waals surface area contributed by atoms with Gasteiger partial charge in [-0.25, -0.2) is 0 Å². The third kappa shape index (κ3) is 3.46. The number of nitrogens with two attached hydrogens (primary N) is 1. The fourth-order valence-electron chi connectivity index (χ4n) is 2.33. The maximum absolute atomic E-state index is 12.2. The van der Waals surface area contributed by atoms with Gasteiger partial charge in [0, 0.05) is 31.1 Å². The smallest absolute Gasteiger partial charge is 0.227 e. The van der Waals surface area contributed by atoms with Crippen LogP contribution in [0.15, 0.2) is 18.2 Å². The average molecular weight is 312 g/mol. The van der Waals surface area contributed by atoms with Gasteiger partial charge in [-0.3, -0.25) is 9.59 Å². The molecule has 1 aromatic carbocycles. The van der Waals surface area contributed by atoms with E-state index in [4.69, 9.17) is 22.1 Å². The van der Waals surface area contributed by atoms with Crippen molar-refractivity contribution in [2.75, 3.05) is 31.6 Å². The highest BCUT2D eigenvalue weighted by Crippen LogP contribution is 2.35. The number of amides is 2. The molecule has 0 radical (unpaired) electrons. The predicted octanol–water partition coefficient (Wildman–Crippen LogP) is 0.776. The van der Waals surface area contributed by atoms with Crippen LogP contribution >= 0.6 is 11.6 Å². The van der Waals surface area contributed by atoms with Gasteiger partial charge in [-0.1, -0.05) is 11.6 Å². The Balaban J connectivity index is 2.17. The van der Waals surface area contributed by atoms with Crippen molar-refractivity contribution in [1.82, 2.24) is 5.32 Å². The number of anilines is 1. The van der Waals surface area contributed by atoms with Gasteiger partial charge in [-0.2, -0.15) is 0 Å². The minimum Gasteiger partial charge on any atom is -0.495 e. The molecule has 1 atom stereocenters. The van der Waals surface area contributed by atoms with Gasteiger partial charge in [0.25, 0.3) is 0 Å². The summed E-state index contributed by atoms with van der Waals surface area (Å²) in [7, 11) is 1.53. The lowest BCUT2D eigenvalue weighted by atomic mass is 10.1. The van der Waals surface area contributed by atoms with Crippen molar-refractivity contribution in [3.63, 3.8) is 0 Å². The van der Waals surface area contributed by atoms with Crippen molar-refractivity contribution in [2.24, 2.45) is 11.7 Å². The molecule has 21 heavy (non-hydrogen) atoms. The Morgan fingerprint density at radius 1 is 1.57 bits per heavy atom. The van der Waals surface area contributed by atoms with Crippen LogP contribution in [0.2, 0.25) is 5.02 Å². The van der Waals surface area contributed by atoms with E-state index < -0.39 is 0 Å². The summed E-state index contributed by atoms with van der Waals surface area (Å²) in [5, 5.41) is 3.22. The van der Waals surface area contributed by atoms with Crippen molar-refractivity contribution in [2.45, 2.75) is 6.42 Å². The molecule has 1 saturated heterocycles. The van der Waals surface area contributed by atoms with E-state index in [1.165, 1.54) is 12.0 Å². The van der Waals surface area contributed by atoms with Crippen LogP contribution in [0, 0.1) is 5.92 Å². The van der Waals surface area contributed by atoms with Crippen LogP contribution in [0.25, 0.3) is 0 Å². The minimum atomic E-state index is -0.382. The highest BCUT2D eigenvalue weighted by Gasteiger charge is 2.36. The lowest BCUT2D eigenvalue weighted by Gasteiger charge is -2.19. The minimum absolute atomic E-state index is 0.122. The zero-order chi connectivity index (χ0) is 15.4. The van der Waals surface area contributed by atoms with Crippen molar-refractivity contribution < 1.29 is 14.3 Å². The third-order valence-corrected chi connectivity index (χ3v) is 3.61. The molecule has 0 aliphatic carbocycles. The number of ether oxygens (including phenoxy) is 1. The van der Waals surface area contributed by atoms with E-state index in [0.717, 1.165) is 0 Å². The van der Waals surface area contributed by atoms with E-state index in [0.29, 0.717) is 36.1 Å². The van der Waals surface area contributed by atoms with Crippen molar-refractivity contribution >= 4 is 29.1 Å². The number of hydrogen-bond acceptors (Lipinski definition) is 4. The SMILES string of the molecule is COc1ccc(Cl)cc1N1CC(C(=O)NCCN)CC1=O. The molecule has 2 amide bonds. The summed E-state index contributed by atoms with van der Waals surface area (Å²) < 4.78 is 5.25. The number of methoxy groups -OCH3 is 1. The van der Waals surface area contributed by atoms with Crippen molar-refractivity contribution in [3.8, 4) is 5.75 Å². The standard InChI is InChI=1S/C14H18ClN3O3/c1-21-12-3-2-10(15)7-11(12)18-8-9(6-13(18)19)14(20)17-5-4-16/h2-3,7,9H,4-6,8,16H2,1H3,(H,17,20). The Bertz CT molecular complexity index is 550. The summed E-state index contributed by atoms with van der Waals surface area (Å²) in [6.45, 7) is 1.09. The number of benzene rings is 1. The van der Waals surface area contributed by atoms with Gasteiger partial charge in [0.05, 0.1) is 18.7 Å². The van der Waals surface area contributed by atoms with E-state index >= 15 is 0 Å². The van der Waals surface area contributed by atoms with Gasteiger partial charge in [0.15, 0.2) is 0 Å². The molecule has 1 aliphatic rings. The Hall–Kier alpha value is -1.79. The van der Waals surface area contributed by atoms with E-state index in [-0.39, 0.29) is 24.2 Å². The third-order valence-electron chi connectivity index (χ3n) is 3.37. The molecule has 114 valence electrons. The van der Waals surface area contributed by atoms with E-state index in [1.807, 2.05) is 0 Å². The first kappa shape index (κ1) is 15.6. The first-order valence-corrected chi connectivity index (χ1v) is 7.06. The fraction of sp³-hybridized carbons (Fsp3) is 0.429. The molecule has 1 aliphatic heterocycles. The van der Waals surface area contributed by atoms with Crippen LogP contribution in [0.5, 0.6) is 5.75 Å². The van der Waals surface area contributed by atoms with Crippen LogP contribution < -0.4 is 20.7 Å². The maximum Gasteiger partial charge on any atom is 0.227 e. The van der Waals surface area contributed by atoms with E-state index in [9.17, 15) is 9.59 Å². The average Bonchev–Trinajstić information content (AvgIpc) is 2.86. The number of carbonyl (C=O) groups is 2. The number of halogens is 1. The highest BCUT2D eigenvalue weighted by molar-refractivity contribution is 6.31. The number of carbonyl (C=O) groups excluding carboxylic acids is 2. The van der Waals surface area contributed by atoms with Crippen LogP contribution in [-0.2, 0) is 9.59 Å². The summed E-state index contributed by atoms with van der Waals surface area (Å²) in [6, 6.07) is 5.06. The zero-order valence-electron chi connectivity index (χ0n) is 11.8. The zero-order valence-corrected chi connectivity index (χ0v) is 12.5. The Kier molecular flexibility index (Phi) is 5.03. The summed E-state index contributed by atoms with van der Waals surface area (Å²) in [6.07, 6.45) is 0.173. The number of nitrogens with one attached hydrogen (secondary N) is 1. The quantitative estimate of drug-likeness (QED) is 0.841. The summed E-state index contributed by atoms with van der Waals surface area (Å²) in [5.41, 5.74) is 5.94. The predicted molar refractivity (Wildman–Crippen MR) is 80.5 cm³/mol. The summed E-state index contributed by atoms with van der Waals surface area (Å²) in [5.74, 6) is -0.107. The summed E-state index contributed by atoms with van der Waals surface area (Å²) in [4.78, 5) is 25.6. The molecule has 1 fully saturated rings. The Morgan fingerprint density at radius 2 is 2.33 bits per heavy atom. The highest BCUT2D eigenvalue weighted by atomic mass is 35.5. The molecule has 0 spiro atoms. The van der Waals surface area contributed by atoms with Gasteiger partial charge >= 0.3 is 0 Å². The summed E-state index contributed by atoms with van der Waals surface area (Å²) >= 11 is 5.98. The lowest BCUT2D eigenvalue weighted by molar-refractivity contribution is -0.126. The fourth-order valence-corrected chi connectivity index (χ4v) is 2.50. The molecule has 3 N–H and O–H groups in total. The number of rotatable bonds is 5. The van der Waals surface area contributed by atoms with Crippen LogP contribution in [0.3, 0.4) is 0 Å². The molecular weight excluding hydrogens is 294 g/mol. The molecular formula is C14H18ClN3O3. The topological polar surface area (TPSA) is 84.7 Å². The van der Waals surface area contributed by atoms with Gasteiger partial charge in [-0.15, -0.1) is 0 Å². The molecule has 0 aromatic heterocycles. The van der Waals surface area contributed by atoms with Gasteiger partial charge in [0.1, 0.15) is 5.75 Å². The van der Waals surface area contributed by atoms with E-state index in [2.05, 4.69) is 5.32 Å². The molecule has 1 unspecified atom stereocenters. The molecule has 0 saturated carbocycles. The molecule has 0 bridgehead atoms. The first-order valence-electron chi connectivity index (χ1n) is 6.68. The molecule has 1 heterocycles. The molecule has 7 heteroatoms. The van der Waals surface area contributed by atoms with Gasteiger partial charge in [-0.05, 0) is 18.2 Å². The molecule has 6 nitrogen and oxygen atoms in total. The van der Waals surface area contributed by atoms with Crippen LogP contribution in [-0.4, -0.2) is 38.6 Å². The van der Waals surface area contributed by atoms with Crippen LogP contribution in [0.1, 0.15) is 6.42 Å². The monoisotopic (exact) mass is 311 g/mol. The Morgan fingerprint density at radius 3 is 3.00 bits per heavy atom. The second-order valence-electron chi connectivity index (χ2n) is 4.80. The van der Waals surface area contributed by atoms with E-state index in [1.54, 1.807) is 18.2 Å². The van der Waals surface area contributed by atoms with Crippen molar-refractivity contribution in [1.29, 1.82) is 0 Å². The number of nitrogens with zero attached hydrogens (tertiary/aromatic N) is 1. The maximum atomic E-state index is 12.2. The Labute approximate surface area is 128 Å². The second-order valence-corrected chi connectivity index (χ2v) is 5.24. The number of hydrogen-bond donors (Lipinski definition) is 2. The normalized spacial score (nSPS) is 18.0. The first-order chi connectivity index (χ1) is 10.1. The van der Waals surface area contributed by atoms with Gasteiger partial charge in [0.2, 0.25) is 11.8 Å². The van der Waals surface area contributed by atoms with Gasteiger partial charge < -0.3 is 20.7 Å². The lowest BCUT2D eigenvalue weighted by Crippen LogP contribution is -2.35.